The van der Waals surface area contributed by atoms with E-state index in [0.29, 0.717) is 0 Å². The first-order valence-corrected chi connectivity index (χ1v) is 6.22. The molecule has 0 aliphatic heterocycles. The number of hydrogen-bond acceptors (Lipinski definition) is 5. The first-order valence-electron chi connectivity index (χ1n) is 6.22. The Morgan fingerprint density at radius 1 is 1.23 bits per heavy atom. The molecular weight excluding hydrogens is 299 g/mol. The summed E-state index contributed by atoms with van der Waals surface area (Å²) in [6.45, 7) is 0.283. The van der Waals surface area contributed by atoms with Crippen LogP contribution in [0, 0.1) is 0 Å². The van der Waals surface area contributed by atoms with E-state index in [1.54, 1.807) is 18.2 Å². The fourth-order valence-electron chi connectivity index (χ4n) is 1.90. The SMILES string of the molecule is Oc1cccc(CNn2cnc3cnc(C(F)(F)F)nc32)c1. The summed E-state index contributed by atoms with van der Waals surface area (Å²) in [4.78, 5) is 10.7. The number of benzene rings is 1. The van der Waals surface area contributed by atoms with Gasteiger partial charge in [-0.1, -0.05) is 12.1 Å². The molecule has 0 fully saturated rings. The van der Waals surface area contributed by atoms with Crippen molar-refractivity contribution in [1.29, 1.82) is 0 Å². The Balaban J connectivity index is 1.87. The number of nitrogens with zero attached hydrogens (tertiary/aromatic N) is 4. The molecule has 0 aliphatic rings. The van der Waals surface area contributed by atoms with Gasteiger partial charge in [-0.2, -0.15) is 13.2 Å². The van der Waals surface area contributed by atoms with Gasteiger partial charge >= 0.3 is 6.18 Å². The van der Waals surface area contributed by atoms with E-state index in [2.05, 4.69) is 20.4 Å². The maximum absolute atomic E-state index is 12.6. The third-order valence-electron chi connectivity index (χ3n) is 2.91. The molecule has 22 heavy (non-hydrogen) atoms. The van der Waals surface area contributed by atoms with Gasteiger partial charge in [0, 0.05) is 0 Å². The molecule has 3 aromatic rings. The van der Waals surface area contributed by atoms with Gasteiger partial charge in [-0.25, -0.2) is 19.6 Å². The van der Waals surface area contributed by atoms with Crippen molar-refractivity contribution in [3.63, 3.8) is 0 Å². The molecule has 0 unspecified atom stereocenters. The molecule has 0 aliphatic carbocycles. The zero-order valence-corrected chi connectivity index (χ0v) is 11.0. The van der Waals surface area contributed by atoms with Crippen LogP contribution in [0.15, 0.2) is 36.8 Å². The van der Waals surface area contributed by atoms with Crippen LogP contribution >= 0.6 is 0 Å². The number of aromatic nitrogens is 4. The summed E-state index contributed by atoms with van der Waals surface area (Å²) in [6.07, 6.45) is -2.27. The van der Waals surface area contributed by atoms with Crippen LogP contribution in [0.25, 0.3) is 11.2 Å². The molecule has 1 aromatic carbocycles. The van der Waals surface area contributed by atoms with Crippen molar-refractivity contribution in [1.82, 2.24) is 19.6 Å². The van der Waals surface area contributed by atoms with Gasteiger partial charge in [-0.05, 0) is 17.7 Å². The second-order valence-electron chi connectivity index (χ2n) is 4.52. The fraction of sp³-hybridized carbons (Fsp3) is 0.154. The highest BCUT2D eigenvalue weighted by Gasteiger charge is 2.35. The molecule has 0 bridgehead atoms. The highest BCUT2D eigenvalue weighted by molar-refractivity contribution is 5.69. The summed E-state index contributed by atoms with van der Waals surface area (Å²) in [5, 5.41) is 9.38. The normalized spacial score (nSPS) is 11.8. The van der Waals surface area contributed by atoms with Crippen LogP contribution in [0.4, 0.5) is 13.2 Å². The number of fused-ring (bicyclic) bond motifs is 1. The number of phenols is 1. The van der Waals surface area contributed by atoms with Crippen molar-refractivity contribution in [2.75, 3.05) is 5.43 Å². The quantitative estimate of drug-likeness (QED) is 0.776. The number of hydrogen-bond donors (Lipinski definition) is 2. The van der Waals surface area contributed by atoms with E-state index in [4.69, 9.17) is 0 Å². The molecule has 0 spiro atoms. The van der Waals surface area contributed by atoms with Crippen molar-refractivity contribution in [2.24, 2.45) is 0 Å². The Kier molecular flexibility index (Phi) is 3.32. The third-order valence-corrected chi connectivity index (χ3v) is 2.91. The monoisotopic (exact) mass is 309 g/mol. The van der Waals surface area contributed by atoms with Crippen molar-refractivity contribution in [3.05, 3.63) is 48.2 Å². The third kappa shape index (κ3) is 2.78. The summed E-state index contributed by atoms with van der Waals surface area (Å²) in [7, 11) is 0. The molecule has 6 nitrogen and oxygen atoms in total. The van der Waals surface area contributed by atoms with Crippen molar-refractivity contribution >= 4 is 11.2 Å². The van der Waals surface area contributed by atoms with Crippen LogP contribution in [0.1, 0.15) is 11.4 Å². The summed E-state index contributed by atoms with van der Waals surface area (Å²) in [5.41, 5.74) is 3.91. The Morgan fingerprint density at radius 2 is 2.05 bits per heavy atom. The van der Waals surface area contributed by atoms with Crippen molar-refractivity contribution in [2.45, 2.75) is 12.7 Å². The molecule has 0 saturated heterocycles. The van der Waals surface area contributed by atoms with Crippen molar-refractivity contribution < 1.29 is 18.3 Å². The zero-order chi connectivity index (χ0) is 15.7. The standard InChI is InChI=1S/C13H10F3N5O/c14-13(15,16)12-17-6-10-11(20-12)21(7-18-10)19-5-8-2-1-3-9(22)4-8/h1-4,6-7,19,22H,5H2. The highest BCUT2D eigenvalue weighted by atomic mass is 19.4. The predicted octanol–water partition coefficient (Wildman–Crippen LogP) is 2.29. The Labute approximate surface area is 122 Å². The minimum atomic E-state index is -4.62. The number of phenolic OH excluding ortho intramolecular Hbond substituents is 1. The molecule has 2 heterocycles. The van der Waals surface area contributed by atoms with Gasteiger partial charge in [0.05, 0.1) is 12.7 Å². The number of nitrogens with one attached hydrogen (secondary N) is 1. The van der Waals surface area contributed by atoms with Crippen molar-refractivity contribution in [3.8, 4) is 5.75 Å². The summed E-state index contributed by atoms with van der Waals surface area (Å²) >= 11 is 0. The lowest BCUT2D eigenvalue weighted by atomic mass is 10.2. The van der Waals surface area contributed by atoms with E-state index >= 15 is 0 Å². The smallest absolute Gasteiger partial charge is 0.451 e. The minimum absolute atomic E-state index is 0.0301. The first kappa shape index (κ1) is 14.1. The van der Waals surface area contributed by atoms with E-state index < -0.39 is 12.0 Å². The molecule has 114 valence electrons. The second-order valence-corrected chi connectivity index (χ2v) is 4.52. The molecule has 0 atom stereocenters. The predicted molar refractivity (Wildman–Crippen MR) is 71.5 cm³/mol. The van der Waals surface area contributed by atoms with Crippen LogP contribution in [0.2, 0.25) is 0 Å². The molecule has 2 N–H and O–H groups in total. The van der Waals surface area contributed by atoms with Crippen LogP contribution in [0.5, 0.6) is 5.75 Å². The van der Waals surface area contributed by atoms with E-state index in [0.717, 1.165) is 11.8 Å². The van der Waals surface area contributed by atoms with E-state index in [-0.39, 0.29) is 23.5 Å². The number of imidazole rings is 1. The van der Waals surface area contributed by atoms with Gasteiger partial charge in [0.15, 0.2) is 5.65 Å². The molecular formula is C13H10F3N5O. The lowest BCUT2D eigenvalue weighted by Gasteiger charge is -2.09. The van der Waals surface area contributed by atoms with E-state index in [1.165, 1.54) is 17.1 Å². The van der Waals surface area contributed by atoms with E-state index in [9.17, 15) is 18.3 Å². The number of aromatic hydroxyl groups is 1. The molecule has 0 saturated carbocycles. The maximum Gasteiger partial charge on any atom is 0.451 e. The fourth-order valence-corrected chi connectivity index (χ4v) is 1.90. The average Bonchev–Trinajstić information content (AvgIpc) is 2.86. The van der Waals surface area contributed by atoms with Crippen LogP contribution in [-0.2, 0) is 12.7 Å². The Hall–Kier alpha value is -2.84. The number of alkyl halides is 3. The largest absolute Gasteiger partial charge is 0.508 e. The molecule has 9 heteroatoms. The summed E-state index contributed by atoms with van der Waals surface area (Å²) < 4.78 is 39.2. The number of rotatable bonds is 3. The van der Waals surface area contributed by atoms with Gasteiger partial charge in [0.2, 0.25) is 5.82 Å². The Morgan fingerprint density at radius 3 is 2.77 bits per heavy atom. The van der Waals surface area contributed by atoms with Gasteiger partial charge in [-0.15, -0.1) is 0 Å². The lowest BCUT2D eigenvalue weighted by Crippen LogP contribution is -2.16. The maximum atomic E-state index is 12.6. The molecule has 2 aromatic heterocycles. The van der Waals surface area contributed by atoms with Gasteiger partial charge in [0.25, 0.3) is 0 Å². The molecule has 3 rings (SSSR count). The molecule has 0 amide bonds. The zero-order valence-electron chi connectivity index (χ0n) is 11.0. The first-order chi connectivity index (χ1) is 10.4. The topological polar surface area (TPSA) is 75.9 Å². The second kappa shape index (κ2) is 5.17. The summed E-state index contributed by atoms with van der Waals surface area (Å²) in [5.74, 6) is -1.11. The highest BCUT2D eigenvalue weighted by Crippen LogP contribution is 2.26. The van der Waals surface area contributed by atoms with Gasteiger partial charge in [0.1, 0.15) is 17.6 Å². The van der Waals surface area contributed by atoms with Gasteiger partial charge < -0.3 is 10.5 Å². The number of halogens is 3. The average molecular weight is 309 g/mol. The van der Waals surface area contributed by atoms with Crippen LogP contribution < -0.4 is 5.43 Å². The van der Waals surface area contributed by atoms with Gasteiger partial charge in [-0.3, -0.25) is 0 Å². The van der Waals surface area contributed by atoms with Crippen LogP contribution in [-0.4, -0.2) is 24.7 Å². The molecule has 0 radical (unpaired) electrons. The lowest BCUT2D eigenvalue weighted by molar-refractivity contribution is -0.144. The Bertz CT molecular complexity index is 815. The van der Waals surface area contributed by atoms with E-state index in [1.807, 2.05) is 0 Å². The summed E-state index contributed by atoms with van der Waals surface area (Å²) in [6, 6.07) is 6.51. The minimum Gasteiger partial charge on any atom is -0.508 e. The van der Waals surface area contributed by atoms with Crippen LogP contribution in [0.3, 0.4) is 0 Å².